The van der Waals surface area contributed by atoms with E-state index in [-0.39, 0.29) is 18.0 Å². The van der Waals surface area contributed by atoms with Gasteiger partial charge in [-0.05, 0) is 69.7 Å². The molecule has 0 heterocycles. The molecule has 1 amide bonds. The molecule has 0 unspecified atom stereocenters. The molecule has 0 fully saturated rings. The molecule has 0 aliphatic carbocycles. The Kier molecular flexibility index (Phi) is 7.25. The fourth-order valence-corrected chi connectivity index (χ4v) is 4.92. The van der Waals surface area contributed by atoms with E-state index in [0.717, 1.165) is 33.2 Å². The number of carbonyl (C=O) groups excluding carboxylic acids is 1. The van der Waals surface area contributed by atoms with Gasteiger partial charge >= 0.3 is 0 Å². The third kappa shape index (κ3) is 5.49. The first-order valence-electron chi connectivity index (χ1n) is 11.4. The topological polar surface area (TPSA) is 29.5 Å². The fourth-order valence-electron chi connectivity index (χ4n) is 4.09. The van der Waals surface area contributed by atoms with Crippen LogP contribution in [0.3, 0.4) is 0 Å². The molecule has 3 rings (SSSR count). The summed E-state index contributed by atoms with van der Waals surface area (Å²) >= 11 is 0. The summed E-state index contributed by atoms with van der Waals surface area (Å²) in [4.78, 5) is 15.9. The zero-order valence-electron chi connectivity index (χ0n) is 20.3. The molecule has 0 aromatic heterocycles. The predicted molar refractivity (Wildman–Crippen MR) is 139 cm³/mol. The number of nitrogens with zero attached hydrogens (tertiary/aromatic N) is 1. The molecule has 3 aromatic carbocycles. The lowest BCUT2D eigenvalue weighted by Crippen LogP contribution is -2.42. The lowest BCUT2D eigenvalue weighted by molar-refractivity contribution is 0.0645. The first kappa shape index (κ1) is 23.8. The summed E-state index contributed by atoms with van der Waals surface area (Å²) in [6.07, 6.45) is 2.05. The lowest BCUT2D eigenvalue weighted by atomic mass is 9.95. The van der Waals surface area contributed by atoms with Gasteiger partial charge in [-0.3, -0.25) is 4.79 Å². The summed E-state index contributed by atoms with van der Waals surface area (Å²) < 4.78 is 6.51. The molecule has 3 nitrogen and oxygen atoms in total. The minimum Gasteiger partial charge on any atom is -0.544 e. The summed E-state index contributed by atoms with van der Waals surface area (Å²) in [6.45, 7) is 14.8. The minimum atomic E-state index is -1.88. The van der Waals surface area contributed by atoms with Crippen LogP contribution in [0, 0.1) is 0 Å². The second-order valence-corrected chi connectivity index (χ2v) is 14.2. The lowest BCUT2D eigenvalue weighted by Gasteiger charge is -2.32. The number of carbonyl (C=O) groups is 1. The van der Waals surface area contributed by atoms with E-state index in [1.165, 1.54) is 0 Å². The van der Waals surface area contributed by atoms with Crippen molar-refractivity contribution >= 4 is 36.8 Å². The molecule has 4 heteroatoms. The Morgan fingerprint density at radius 3 is 2.03 bits per heavy atom. The normalized spacial score (nSPS) is 12.5. The Labute approximate surface area is 193 Å². The SMILES string of the molecule is CC(C)N(C(=O)c1c(/C=C(\O[Si](C)(C)C)c2ccccc2)ccc2ccccc12)C(C)C. The molecule has 3 aromatic rings. The highest BCUT2D eigenvalue weighted by molar-refractivity contribution is 6.70. The van der Waals surface area contributed by atoms with Crippen molar-refractivity contribution in [1.82, 2.24) is 4.90 Å². The van der Waals surface area contributed by atoms with Crippen LogP contribution in [-0.4, -0.2) is 31.2 Å². The molecule has 0 saturated carbocycles. The van der Waals surface area contributed by atoms with Crippen LogP contribution < -0.4 is 0 Å². The highest BCUT2D eigenvalue weighted by Gasteiger charge is 2.26. The Balaban J connectivity index is 2.27. The Morgan fingerprint density at radius 2 is 1.44 bits per heavy atom. The summed E-state index contributed by atoms with van der Waals surface area (Å²) in [6, 6.07) is 22.6. The Morgan fingerprint density at radius 1 is 0.844 bits per heavy atom. The Bertz CT molecular complexity index is 1100. The largest absolute Gasteiger partial charge is 0.544 e. The smallest absolute Gasteiger partial charge is 0.255 e. The van der Waals surface area contributed by atoms with Gasteiger partial charge in [0.15, 0.2) is 0 Å². The van der Waals surface area contributed by atoms with Crippen LogP contribution in [0.4, 0.5) is 0 Å². The van der Waals surface area contributed by atoms with Crippen molar-refractivity contribution in [2.45, 2.75) is 59.4 Å². The standard InChI is InChI=1S/C28H35NO2Si/c1-20(2)29(21(3)4)28(30)27-24(18-17-22-13-11-12-16-25(22)27)19-26(31-32(5,6)7)23-14-9-8-10-15-23/h8-21H,1-7H3/b26-19-. The summed E-state index contributed by atoms with van der Waals surface area (Å²) in [7, 11) is -1.88. The third-order valence-corrected chi connectivity index (χ3v) is 6.12. The number of benzene rings is 3. The van der Waals surface area contributed by atoms with E-state index in [1.807, 2.05) is 53.4 Å². The molecule has 0 bridgehead atoms. The molecule has 168 valence electrons. The maximum absolute atomic E-state index is 13.9. The van der Waals surface area contributed by atoms with E-state index in [4.69, 9.17) is 4.43 Å². The minimum absolute atomic E-state index is 0.0541. The molecular formula is C28H35NO2Si. The van der Waals surface area contributed by atoms with E-state index in [9.17, 15) is 4.79 Å². The van der Waals surface area contributed by atoms with Crippen molar-refractivity contribution < 1.29 is 9.22 Å². The predicted octanol–water partition coefficient (Wildman–Crippen LogP) is 7.45. The monoisotopic (exact) mass is 445 g/mol. The molecule has 0 N–H and O–H groups in total. The van der Waals surface area contributed by atoms with Gasteiger partial charge in [0.2, 0.25) is 8.32 Å². The van der Waals surface area contributed by atoms with Gasteiger partial charge < -0.3 is 9.33 Å². The number of fused-ring (bicyclic) bond motifs is 1. The summed E-state index contributed by atoms with van der Waals surface area (Å²) in [5, 5.41) is 2.03. The van der Waals surface area contributed by atoms with Crippen molar-refractivity contribution in [2.75, 3.05) is 0 Å². The van der Waals surface area contributed by atoms with Gasteiger partial charge in [-0.2, -0.15) is 0 Å². The first-order valence-corrected chi connectivity index (χ1v) is 14.8. The third-order valence-electron chi connectivity index (χ3n) is 5.28. The zero-order chi connectivity index (χ0) is 23.5. The average molecular weight is 446 g/mol. The van der Waals surface area contributed by atoms with Crippen molar-refractivity contribution in [2.24, 2.45) is 0 Å². The van der Waals surface area contributed by atoms with E-state index >= 15 is 0 Å². The zero-order valence-corrected chi connectivity index (χ0v) is 21.3. The molecule has 0 radical (unpaired) electrons. The van der Waals surface area contributed by atoms with Crippen LogP contribution in [0.25, 0.3) is 22.6 Å². The van der Waals surface area contributed by atoms with Crippen molar-refractivity contribution in [3.8, 4) is 0 Å². The number of rotatable bonds is 7. The number of amides is 1. The van der Waals surface area contributed by atoms with E-state index < -0.39 is 8.32 Å². The van der Waals surface area contributed by atoms with E-state index in [0.29, 0.717) is 0 Å². The second-order valence-electron chi connectivity index (χ2n) is 9.74. The fraction of sp³-hybridized carbons (Fsp3) is 0.321. The van der Waals surface area contributed by atoms with Gasteiger partial charge in [-0.1, -0.05) is 66.7 Å². The van der Waals surface area contributed by atoms with Gasteiger partial charge in [0.05, 0.1) is 5.56 Å². The molecule has 32 heavy (non-hydrogen) atoms. The summed E-state index contributed by atoms with van der Waals surface area (Å²) in [5.41, 5.74) is 2.64. The highest BCUT2D eigenvalue weighted by Crippen LogP contribution is 2.30. The Hall–Kier alpha value is -2.85. The quantitative estimate of drug-likeness (QED) is 0.215. The molecular weight excluding hydrogens is 410 g/mol. The highest BCUT2D eigenvalue weighted by atomic mass is 28.4. The molecule has 0 aliphatic heterocycles. The van der Waals surface area contributed by atoms with Crippen LogP contribution in [0.5, 0.6) is 0 Å². The first-order chi connectivity index (χ1) is 15.1. The van der Waals surface area contributed by atoms with Gasteiger partial charge in [-0.15, -0.1) is 0 Å². The number of hydrogen-bond donors (Lipinski definition) is 0. The average Bonchev–Trinajstić information content (AvgIpc) is 2.72. The van der Waals surface area contributed by atoms with Crippen LogP contribution >= 0.6 is 0 Å². The number of hydrogen-bond acceptors (Lipinski definition) is 2. The van der Waals surface area contributed by atoms with Crippen LogP contribution in [0.2, 0.25) is 19.6 Å². The van der Waals surface area contributed by atoms with Gasteiger partial charge in [0, 0.05) is 17.6 Å². The van der Waals surface area contributed by atoms with Crippen molar-refractivity contribution in [1.29, 1.82) is 0 Å². The van der Waals surface area contributed by atoms with Gasteiger partial charge in [0.25, 0.3) is 5.91 Å². The van der Waals surface area contributed by atoms with Crippen molar-refractivity contribution in [3.63, 3.8) is 0 Å². The summed E-state index contributed by atoms with van der Waals surface area (Å²) in [5.74, 6) is 0.869. The van der Waals surface area contributed by atoms with Crippen molar-refractivity contribution in [3.05, 3.63) is 83.4 Å². The maximum atomic E-state index is 13.9. The molecule has 0 atom stereocenters. The second kappa shape index (κ2) is 9.74. The van der Waals surface area contributed by atoms with Gasteiger partial charge in [-0.25, -0.2) is 0 Å². The molecule has 0 aliphatic rings. The van der Waals surface area contributed by atoms with Gasteiger partial charge in [0.1, 0.15) is 5.76 Å². The van der Waals surface area contributed by atoms with E-state index in [1.54, 1.807) is 0 Å². The van der Waals surface area contributed by atoms with Crippen LogP contribution in [-0.2, 0) is 4.43 Å². The molecule has 0 spiro atoms. The molecule has 0 saturated heterocycles. The van der Waals surface area contributed by atoms with Crippen LogP contribution in [0.15, 0.2) is 66.7 Å². The maximum Gasteiger partial charge on any atom is 0.255 e. The van der Waals surface area contributed by atoms with E-state index in [2.05, 4.69) is 71.6 Å². The van der Waals surface area contributed by atoms with Crippen LogP contribution in [0.1, 0.15) is 49.2 Å².